The Bertz CT molecular complexity index is 756. The predicted molar refractivity (Wildman–Crippen MR) is 78.4 cm³/mol. The third kappa shape index (κ3) is 2.72. The molecule has 0 fully saturated rings. The van der Waals surface area contributed by atoms with Crippen molar-refractivity contribution in [2.45, 2.75) is 6.92 Å². The molecule has 3 rings (SSSR count). The van der Waals surface area contributed by atoms with E-state index in [0.29, 0.717) is 5.82 Å². The van der Waals surface area contributed by atoms with Crippen LogP contribution >= 0.6 is 11.3 Å². The van der Waals surface area contributed by atoms with Gasteiger partial charge < -0.3 is 0 Å². The van der Waals surface area contributed by atoms with Crippen LogP contribution in [0.2, 0.25) is 0 Å². The Balaban J connectivity index is 1.71. The third-order valence-corrected chi connectivity index (χ3v) is 3.52. The number of aromatic nitrogens is 4. The van der Waals surface area contributed by atoms with Crippen molar-refractivity contribution in [1.29, 1.82) is 0 Å². The first-order valence-electron chi connectivity index (χ1n) is 5.94. The molecular weight excluding hydrogens is 274 g/mol. The summed E-state index contributed by atoms with van der Waals surface area (Å²) in [6, 6.07) is 7.85. The highest BCUT2D eigenvalue weighted by Gasteiger charge is 2.04. The van der Waals surface area contributed by atoms with E-state index in [-0.39, 0.29) is 11.9 Å². The lowest BCUT2D eigenvalue weighted by atomic mass is 10.3. The minimum absolute atomic E-state index is 0.265. The molecule has 0 saturated heterocycles. The van der Waals surface area contributed by atoms with Gasteiger partial charge in [0.25, 0.3) is 5.91 Å². The van der Waals surface area contributed by atoms with E-state index >= 15 is 0 Å². The zero-order valence-electron chi connectivity index (χ0n) is 10.6. The summed E-state index contributed by atoms with van der Waals surface area (Å²) in [5.74, 6) is 0.625. The van der Waals surface area contributed by atoms with Crippen LogP contribution in [0.4, 0.5) is 5.95 Å². The predicted octanol–water partition coefficient (Wildman–Crippen LogP) is 2.37. The SMILES string of the molecule is Cc1nc(NC(=O)/C=C/c2nc3ccccc3s2)n[nH]1. The number of rotatable bonds is 3. The zero-order chi connectivity index (χ0) is 13.9. The molecule has 0 aliphatic carbocycles. The number of nitrogens with zero attached hydrogens (tertiary/aromatic N) is 3. The van der Waals surface area contributed by atoms with Crippen LogP contribution in [0.25, 0.3) is 16.3 Å². The first-order valence-corrected chi connectivity index (χ1v) is 6.76. The van der Waals surface area contributed by atoms with Gasteiger partial charge in [-0.05, 0) is 25.1 Å². The molecule has 2 heterocycles. The van der Waals surface area contributed by atoms with Crippen molar-refractivity contribution in [3.63, 3.8) is 0 Å². The van der Waals surface area contributed by atoms with Crippen LogP contribution in [0.15, 0.2) is 30.3 Å². The van der Waals surface area contributed by atoms with Gasteiger partial charge in [0.2, 0.25) is 5.95 Å². The number of anilines is 1. The summed E-state index contributed by atoms with van der Waals surface area (Å²) >= 11 is 1.53. The Morgan fingerprint density at radius 1 is 1.35 bits per heavy atom. The number of nitrogens with one attached hydrogen (secondary N) is 2. The molecule has 0 radical (unpaired) electrons. The number of fused-ring (bicyclic) bond motifs is 1. The van der Waals surface area contributed by atoms with Crippen LogP contribution < -0.4 is 5.32 Å². The number of H-pyrrole nitrogens is 1. The van der Waals surface area contributed by atoms with Crippen LogP contribution in [-0.4, -0.2) is 26.1 Å². The van der Waals surface area contributed by atoms with E-state index in [1.54, 1.807) is 13.0 Å². The topological polar surface area (TPSA) is 83.6 Å². The molecule has 0 bridgehead atoms. The van der Waals surface area contributed by atoms with Gasteiger partial charge in [0.15, 0.2) is 0 Å². The maximum atomic E-state index is 11.7. The van der Waals surface area contributed by atoms with Crippen molar-refractivity contribution in [1.82, 2.24) is 20.2 Å². The summed E-state index contributed by atoms with van der Waals surface area (Å²) in [6.07, 6.45) is 3.10. The molecule has 6 nitrogen and oxygen atoms in total. The largest absolute Gasteiger partial charge is 0.290 e. The van der Waals surface area contributed by atoms with Crippen molar-refractivity contribution in [3.8, 4) is 0 Å². The molecule has 0 aliphatic rings. The van der Waals surface area contributed by atoms with Gasteiger partial charge in [0.1, 0.15) is 10.8 Å². The van der Waals surface area contributed by atoms with Crippen LogP contribution in [0.1, 0.15) is 10.8 Å². The summed E-state index contributed by atoms with van der Waals surface area (Å²) in [6.45, 7) is 1.76. The third-order valence-electron chi connectivity index (χ3n) is 2.52. The average molecular weight is 285 g/mol. The Kier molecular flexibility index (Phi) is 3.26. The molecule has 7 heteroatoms. The number of aryl methyl sites for hydroxylation is 1. The second kappa shape index (κ2) is 5.22. The minimum Gasteiger partial charge on any atom is -0.290 e. The molecule has 0 atom stereocenters. The summed E-state index contributed by atoms with van der Waals surface area (Å²) in [5, 5.41) is 9.83. The van der Waals surface area contributed by atoms with E-state index in [1.807, 2.05) is 24.3 Å². The fourth-order valence-electron chi connectivity index (χ4n) is 1.66. The molecule has 3 aromatic rings. The number of thiazole rings is 1. The molecule has 2 N–H and O–H groups in total. The molecule has 0 spiro atoms. The average Bonchev–Trinajstić information content (AvgIpc) is 3.02. The van der Waals surface area contributed by atoms with Crippen molar-refractivity contribution in [2.75, 3.05) is 5.32 Å². The van der Waals surface area contributed by atoms with Crippen molar-refractivity contribution < 1.29 is 4.79 Å². The first kappa shape index (κ1) is 12.5. The van der Waals surface area contributed by atoms with Gasteiger partial charge in [-0.25, -0.2) is 4.98 Å². The number of carbonyl (C=O) groups is 1. The molecule has 0 unspecified atom stereocenters. The Labute approximate surface area is 118 Å². The second-order valence-corrected chi connectivity index (χ2v) is 5.15. The lowest BCUT2D eigenvalue weighted by Gasteiger charge is -1.92. The Hall–Kier alpha value is -2.54. The standard InChI is InChI=1S/C13H11N5OS/c1-8-14-13(18-17-8)16-11(19)6-7-12-15-9-4-2-3-5-10(9)20-12/h2-7H,1H3,(H2,14,16,17,18,19)/b7-6+. The molecule has 20 heavy (non-hydrogen) atoms. The maximum Gasteiger partial charge on any atom is 0.250 e. The van der Waals surface area contributed by atoms with Crippen LogP contribution in [0.3, 0.4) is 0 Å². The lowest BCUT2D eigenvalue weighted by molar-refractivity contribution is -0.111. The van der Waals surface area contributed by atoms with Crippen molar-refractivity contribution in [3.05, 3.63) is 41.2 Å². The number of hydrogen-bond acceptors (Lipinski definition) is 5. The van der Waals surface area contributed by atoms with Crippen LogP contribution in [0.5, 0.6) is 0 Å². The van der Waals surface area contributed by atoms with E-state index in [9.17, 15) is 4.79 Å². The van der Waals surface area contributed by atoms with Crippen LogP contribution in [-0.2, 0) is 4.79 Å². The molecule has 100 valence electrons. The number of hydrogen-bond donors (Lipinski definition) is 2. The van der Waals surface area contributed by atoms with E-state index in [0.717, 1.165) is 15.2 Å². The van der Waals surface area contributed by atoms with Gasteiger partial charge >= 0.3 is 0 Å². The Morgan fingerprint density at radius 3 is 2.95 bits per heavy atom. The van der Waals surface area contributed by atoms with E-state index in [1.165, 1.54) is 17.4 Å². The second-order valence-electron chi connectivity index (χ2n) is 4.09. The number of amides is 1. The molecule has 0 aliphatic heterocycles. The molecular formula is C13H11N5OS. The smallest absolute Gasteiger partial charge is 0.250 e. The maximum absolute atomic E-state index is 11.7. The minimum atomic E-state index is -0.289. The quantitative estimate of drug-likeness (QED) is 0.724. The lowest BCUT2D eigenvalue weighted by Crippen LogP contribution is -2.09. The van der Waals surface area contributed by atoms with Gasteiger partial charge in [-0.3, -0.25) is 15.2 Å². The summed E-state index contributed by atoms with van der Waals surface area (Å²) in [5.41, 5.74) is 0.933. The molecule has 1 aromatic carbocycles. The van der Waals surface area contributed by atoms with Gasteiger partial charge in [0, 0.05) is 6.08 Å². The fourth-order valence-corrected chi connectivity index (χ4v) is 2.53. The molecule has 2 aromatic heterocycles. The van der Waals surface area contributed by atoms with Gasteiger partial charge in [0.05, 0.1) is 10.2 Å². The molecule has 0 saturated carbocycles. The van der Waals surface area contributed by atoms with Gasteiger partial charge in [-0.2, -0.15) is 4.98 Å². The van der Waals surface area contributed by atoms with Gasteiger partial charge in [-0.1, -0.05) is 12.1 Å². The monoisotopic (exact) mass is 285 g/mol. The number of carbonyl (C=O) groups excluding carboxylic acids is 1. The highest BCUT2D eigenvalue weighted by atomic mass is 32.1. The summed E-state index contributed by atoms with van der Waals surface area (Å²) in [4.78, 5) is 20.1. The normalized spacial score (nSPS) is 11.2. The highest BCUT2D eigenvalue weighted by Crippen LogP contribution is 2.22. The van der Waals surface area contributed by atoms with Crippen molar-refractivity contribution in [2.24, 2.45) is 0 Å². The Morgan fingerprint density at radius 2 is 2.20 bits per heavy atom. The van der Waals surface area contributed by atoms with E-state index in [2.05, 4.69) is 25.5 Å². The van der Waals surface area contributed by atoms with Crippen LogP contribution in [0, 0.1) is 6.92 Å². The number of para-hydroxylation sites is 1. The zero-order valence-corrected chi connectivity index (χ0v) is 11.4. The first-order chi connectivity index (χ1) is 9.70. The number of aromatic amines is 1. The summed E-state index contributed by atoms with van der Waals surface area (Å²) in [7, 11) is 0. The fraction of sp³-hybridized carbons (Fsp3) is 0.0769. The highest BCUT2D eigenvalue weighted by molar-refractivity contribution is 7.19. The van der Waals surface area contributed by atoms with Crippen molar-refractivity contribution >= 4 is 39.5 Å². The van der Waals surface area contributed by atoms with E-state index in [4.69, 9.17) is 0 Å². The molecule has 1 amide bonds. The summed E-state index contributed by atoms with van der Waals surface area (Å²) < 4.78 is 1.09. The van der Waals surface area contributed by atoms with E-state index < -0.39 is 0 Å². The van der Waals surface area contributed by atoms with Gasteiger partial charge in [-0.15, -0.1) is 16.4 Å². The number of benzene rings is 1.